The van der Waals surface area contributed by atoms with Crippen LogP contribution in [0.3, 0.4) is 0 Å². The zero-order valence-corrected chi connectivity index (χ0v) is 10.4. The molecule has 0 radical (unpaired) electrons. The second kappa shape index (κ2) is 5.94. The van der Waals surface area contributed by atoms with Gasteiger partial charge in [-0.15, -0.1) is 0 Å². The molecule has 0 saturated heterocycles. The van der Waals surface area contributed by atoms with E-state index in [1.165, 1.54) is 13.0 Å². The molecular formula is C11H12BrF2NO. The smallest absolute Gasteiger partial charge is 0.257 e. The molecule has 1 aromatic rings. The minimum Gasteiger partial charge on any atom is -0.352 e. The van der Waals surface area contributed by atoms with Crippen LogP contribution in [0.1, 0.15) is 22.3 Å². The third kappa shape index (κ3) is 3.01. The highest BCUT2D eigenvalue weighted by atomic mass is 79.9. The van der Waals surface area contributed by atoms with E-state index in [4.69, 9.17) is 0 Å². The van der Waals surface area contributed by atoms with Crippen LogP contribution < -0.4 is 5.32 Å². The van der Waals surface area contributed by atoms with Gasteiger partial charge in [-0.1, -0.05) is 22.0 Å². The third-order valence-electron chi connectivity index (χ3n) is 2.11. The Balaban J connectivity index is 2.86. The van der Waals surface area contributed by atoms with E-state index < -0.39 is 23.1 Å². The molecule has 0 aliphatic rings. The molecule has 0 aromatic heterocycles. The summed E-state index contributed by atoms with van der Waals surface area (Å²) in [6.07, 6.45) is 0.709. The van der Waals surface area contributed by atoms with E-state index in [9.17, 15) is 13.6 Å². The van der Waals surface area contributed by atoms with Crippen molar-refractivity contribution in [3.05, 3.63) is 34.9 Å². The summed E-state index contributed by atoms with van der Waals surface area (Å²) in [5, 5.41) is 3.19. The van der Waals surface area contributed by atoms with Crippen LogP contribution in [0.15, 0.2) is 12.1 Å². The van der Waals surface area contributed by atoms with Crippen molar-refractivity contribution in [3.8, 4) is 0 Å². The minimum atomic E-state index is -0.834. The molecule has 0 heterocycles. The van der Waals surface area contributed by atoms with Gasteiger partial charge in [0.25, 0.3) is 5.91 Å². The summed E-state index contributed by atoms with van der Waals surface area (Å²) in [5.41, 5.74) is -0.249. The number of hydrogen-bond donors (Lipinski definition) is 1. The number of aryl methyl sites for hydroxylation is 1. The standard InChI is InChI=1S/C11H12BrF2NO/c1-7-3-4-8(13)9(10(7)14)11(16)15-6-2-5-12/h3-4H,2,5-6H2,1H3,(H,15,16). The van der Waals surface area contributed by atoms with Gasteiger partial charge in [0, 0.05) is 11.9 Å². The second-order valence-corrected chi connectivity index (χ2v) is 4.14. The van der Waals surface area contributed by atoms with Crippen LogP contribution in [-0.4, -0.2) is 17.8 Å². The summed E-state index contributed by atoms with van der Waals surface area (Å²) in [7, 11) is 0. The molecule has 0 saturated carbocycles. The Morgan fingerprint density at radius 3 is 2.75 bits per heavy atom. The largest absolute Gasteiger partial charge is 0.352 e. The van der Waals surface area contributed by atoms with Crippen molar-refractivity contribution in [2.24, 2.45) is 0 Å². The Labute approximate surface area is 101 Å². The number of halogens is 3. The van der Waals surface area contributed by atoms with Crippen LogP contribution in [0.5, 0.6) is 0 Å². The monoisotopic (exact) mass is 291 g/mol. The normalized spacial score (nSPS) is 10.2. The first-order chi connectivity index (χ1) is 7.57. The highest BCUT2D eigenvalue weighted by molar-refractivity contribution is 9.09. The molecule has 0 spiro atoms. The predicted octanol–water partition coefficient (Wildman–Crippen LogP) is 2.79. The third-order valence-corrected chi connectivity index (χ3v) is 2.67. The van der Waals surface area contributed by atoms with Gasteiger partial charge in [0.05, 0.1) is 0 Å². The van der Waals surface area contributed by atoms with Crippen LogP contribution in [0.25, 0.3) is 0 Å². The molecule has 5 heteroatoms. The first-order valence-electron chi connectivity index (χ1n) is 4.86. The number of nitrogens with one attached hydrogen (secondary N) is 1. The predicted molar refractivity (Wildman–Crippen MR) is 61.8 cm³/mol. The maximum absolute atomic E-state index is 13.5. The summed E-state index contributed by atoms with van der Waals surface area (Å²) >= 11 is 3.20. The Morgan fingerprint density at radius 1 is 1.44 bits per heavy atom. The van der Waals surface area contributed by atoms with Crippen molar-refractivity contribution in [1.82, 2.24) is 5.32 Å². The van der Waals surface area contributed by atoms with Crippen molar-refractivity contribution in [2.45, 2.75) is 13.3 Å². The summed E-state index contributed by atoms with van der Waals surface area (Å²) in [6, 6.07) is 2.40. The Hall–Kier alpha value is -0.970. The van der Waals surface area contributed by atoms with Gasteiger partial charge in [-0.3, -0.25) is 4.79 Å². The maximum Gasteiger partial charge on any atom is 0.257 e. The summed E-state index contributed by atoms with van der Waals surface area (Å²) in [6.45, 7) is 1.88. The van der Waals surface area contributed by atoms with E-state index in [0.29, 0.717) is 13.0 Å². The fraction of sp³-hybridized carbons (Fsp3) is 0.364. The van der Waals surface area contributed by atoms with E-state index >= 15 is 0 Å². The van der Waals surface area contributed by atoms with Gasteiger partial charge in [-0.05, 0) is 25.0 Å². The lowest BCUT2D eigenvalue weighted by Gasteiger charge is -2.07. The first-order valence-corrected chi connectivity index (χ1v) is 5.99. The fourth-order valence-corrected chi connectivity index (χ4v) is 1.50. The molecule has 0 atom stereocenters. The van der Waals surface area contributed by atoms with Crippen molar-refractivity contribution in [1.29, 1.82) is 0 Å². The van der Waals surface area contributed by atoms with E-state index in [1.807, 2.05) is 0 Å². The minimum absolute atomic E-state index is 0.257. The first kappa shape index (κ1) is 13.1. The number of carbonyl (C=O) groups excluding carboxylic acids is 1. The number of amides is 1. The van der Waals surface area contributed by atoms with E-state index in [-0.39, 0.29) is 5.56 Å². The van der Waals surface area contributed by atoms with Crippen molar-refractivity contribution in [2.75, 3.05) is 11.9 Å². The van der Waals surface area contributed by atoms with Gasteiger partial charge in [-0.2, -0.15) is 0 Å². The summed E-state index contributed by atoms with van der Waals surface area (Å²) in [4.78, 5) is 11.5. The Kier molecular flexibility index (Phi) is 4.86. The Bertz CT molecular complexity index is 396. The molecule has 1 N–H and O–H groups in total. The van der Waals surface area contributed by atoms with Gasteiger partial charge in [0.15, 0.2) is 0 Å². The van der Waals surface area contributed by atoms with Crippen LogP contribution in [0.4, 0.5) is 8.78 Å². The summed E-state index contributed by atoms with van der Waals surface area (Å²) in [5.74, 6) is -2.34. The van der Waals surface area contributed by atoms with E-state index in [2.05, 4.69) is 21.2 Å². The highest BCUT2D eigenvalue weighted by Gasteiger charge is 2.18. The lowest BCUT2D eigenvalue weighted by atomic mass is 10.1. The van der Waals surface area contributed by atoms with Gasteiger partial charge >= 0.3 is 0 Å². The lowest BCUT2D eigenvalue weighted by Crippen LogP contribution is -2.27. The van der Waals surface area contributed by atoms with Crippen LogP contribution in [0.2, 0.25) is 0 Å². The molecule has 88 valence electrons. The molecular weight excluding hydrogens is 280 g/mol. The maximum atomic E-state index is 13.5. The number of hydrogen-bond acceptors (Lipinski definition) is 1. The molecule has 1 aromatic carbocycles. The molecule has 0 aliphatic carbocycles. The van der Waals surface area contributed by atoms with Gasteiger partial charge in [0.1, 0.15) is 17.2 Å². The Morgan fingerprint density at radius 2 is 2.12 bits per heavy atom. The van der Waals surface area contributed by atoms with Crippen molar-refractivity contribution >= 4 is 21.8 Å². The van der Waals surface area contributed by atoms with Crippen molar-refractivity contribution in [3.63, 3.8) is 0 Å². The van der Waals surface area contributed by atoms with Gasteiger partial charge < -0.3 is 5.32 Å². The molecule has 1 rings (SSSR count). The SMILES string of the molecule is Cc1ccc(F)c(C(=O)NCCCBr)c1F. The zero-order chi connectivity index (χ0) is 12.1. The molecule has 16 heavy (non-hydrogen) atoms. The fourth-order valence-electron chi connectivity index (χ4n) is 1.22. The van der Waals surface area contributed by atoms with E-state index in [0.717, 1.165) is 11.4 Å². The zero-order valence-electron chi connectivity index (χ0n) is 8.82. The molecule has 0 fully saturated rings. The van der Waals surface area contributed by atoms with E-state index in [1.54, 1.807) is 0 Å². The molecule has 0 aliphatic heterocycles. The number of carbonyl (C=O) groups is 1. The molecule has 0 bridgehead atoms. The van der Waals surface area contributed by atoms with Crippen LogP contribution in [-0.2, 0) is 0 Å². The van der Waals surface area contributed by atoms with Gasteiger partial charge in [0.2, 0.25) is 0 Å². The van der Waals surface area contributed by atoms with Crippen LogP contribution in [0, 0.1) is 18.6 Å². The number of benzene rings is 1. The molecule has 1 amide bonds. The number of rotatable bonds is 4. The number of alkyl halides is 1. The average Bonchev–Trinajstić information content (AvgIpc) is 2.24. The molecule has 2 nitrogen and oxygen atoms in total. The van der Waals surface area contributed by atoms with Crippen LogP contribution >= 0.6 is 15.9 Å². The quantitative estimate of drug-likeness (QED) is 0.671. The molecule has 0 unspecified atom stereocenters. The lowest BCUT2D eigenvalue weighted by molar-refractivity contribution is 0.0945. The van der Waals surface area contributed by atoms with Crippen molar-refractivity contribution < 1.29 is 13.6 Å². The second-order valence-electron chi connectivity index (χ2n) is 3.35. The van der Waals surface area contributed by atoms with Gasteiger partial charge in [-0.25, -0.2) is 8.78 Å². The topological polar surface area (TPSA) is 29.1 Å². The average molecular weight is 292 g/mol. The highest BCUT2D eigenvalue weighted by Crippen LogP contribution is 2.15. The summed E-state index contributed by atoms with van der Waals surface area (Å²) < 4.78 is 26.8.